The highest BCUT2D eigenvalue weighted by Crippen LogP contribution is 2.23. The van der Waals surface area contributed by atoms with Crippen molar-refractivity contribution in [1.29, 1.82) is 0 Å². The number of methoxy groups -OCH3 is 1. The monoisotopic (exact) mass is 755 g/mol. The van der Waals surface area contributed by atoms with E-state index in [-0.39, 0.29) is 31.2 Å². The molecule has 2 aromatic carbocycles. The molecular weight excluding hydrogens is 697 g/mol. The molecule has 0 aliphatic rings. The van der Waals surface area contributed by atoms with E-state index in [1.165, 1.54) is 7.11 Å². The van der Waals surface area contributed by atoms with Gasteiger partial charge < -0.3 is 25.8 Å². The quantitative estimate of drug-likeness (QED) is 0.0754. The second kappa shape index (κ2) is 20.9. The maximum absolute atomic E-state index is 14.0. The summed E-state index contributed by atoms with van der Waals surface area (Å²) < 4.78 is 4.80. The van der Waals surface area contributed by atoms with Gasteiger partial charge in [0, 0.05) is 37.3 Å². The number of allylic oxidation sites excluding steroid dienone is 1. The van der Waals surface area contributed by atoms with Crippen LogP contribution in [0.1, 0.15) is 64.2 Å². The Morgan fingerprint density at radius 3 is 2.11 bits per heavy atom. The minimum absolute atomic E-state index is 0.00105. The van der Waals surface area contributed by atoms with Crippen LogP contribution in [-0.2, 0) is 38.5 Å². The first-order valence-corrected chi connectivity index (χ1v) is 18.7. The summed E-state index contributed by atoms with van der Waals surface area (Å²) in [5.41, 5.74) is 5.19. The number of pyridine rings is 1. The van der Waals surface area contributed by atoms with Crippen LogP contribution in [0.3, 0.4) is 0 Å². The fourth-order valence-electron chi connectivity index (χ4n) is 6.16. The summed E-state index contributed by atoms with van der Waals surface area (Å²) in [7, 11) is 1.24. The van der Waals surface area contributed by atoms with Crippen molar-refractivity contribution in [3.63, 3.8) is 0 Å². The molecule has 1 heterocycles. The van der Waals surface area contributed by atoms with E-state index < -0.39 is 41.0 Å². The summed E-state index contributed by atoms with van der Waals surface area (Å²) in [6.45, 7) is 17.5. The van der Waals surface area contributed by atoms with E-state index in [0.29, 0.717) is 30.9 Å². The number of aliphatic hydroxyl groups is 1. The van der Waals surface area contributed by atoms with Crippen LogP contribution in [0.25, 0.3) is 11.1 Å². The molecule has 0 bridgehead atoms. The summed E-state index contributed by atoms with van der Waals surface area (Å²) in [6, 6.07) is 17.6. The molecule has 1 aromatic heterocycles. The number of ether oxygens (including phenoxy) is 1. The van der Waals surface area contributed by atoms with Gasteiger partial charge in [-0.3, -0.25) is 19.4 Å². The van der Waals surface area contributed by atoms with Crippen molar-refractivity contribution in [3.8, 4) is 11.1 Å². The van der Waals surface area contributed by atoms with Crippen molar-refractivity contribution in [3.05, 3.63) is 115 Å². The Bertz CT molecular complexity index is 1720. The van der Waals surface area contributed by atoms with Gasteiger partial charge in [-0.15, -0.1) is 13.2 Å². The van der Waals surface area contributed by atoms with Gasteiger partial charge in [-0.1, -0.05) is 101 Å². The molecule has 6 N–H and O–H groups in total. The molecule has 0 fully saturated rings. The molecular formula is C43H59N6O6+. The molecule has 0 aliphatic heterocycles. The second-order valence-electron chi connectivity index (χ2n) is 15.2. The lowest BCUT2D eigenvalue weighted by Crippen LogP contribution is -3.18. The van der Waals surface area contributed by atoms with Gasteiger partial charge in [0.05, 0.1) is 13.7 Å². The van der Waals surface area contributed by atoms with Crippen LogP contribution in [0, 0.1) is 11.3 Å². The first-order valence-electron chi connectivity index (χ1n) is 18.7. The Morgan fingerprint density at radius 1 is 0.891 bits per heavy atom. The molecule has 3 rings (SSSR count). The number of benzene rings is 2. The molecule has 296 valence electrons. The van der Waals surface area contributed by atoms with E-state index in [0.717, 1.165) is 27.8 Å². The molecule has 1 unspecified atom stereocenters. The predicted octanol–water partition coefficient (Wildman–Crippen LogP) is 3.86. The van der Waals surface area contributed by atoms with Gasteiger partial charge in [-0.05, 0) is 52.5 Å². The van der Waals surface area contributed by atoms with Crippen molar-refractivity contribution >= 4 is 23.8 Å². The number of quaternary nitrogens is 1. The zero-order valence-corrected chi connectivity index (χ0v) is 33.1. The van der Waals surface area contributed by atoms with Crippen LogP contribution in [0.15, 0.2) is 98.4 Å². The standard InChI is InChI=1S/C43H58N6O6/c1-9-13-31-15-17-32(18-16-31)27-43(54,40(52)46-36(30(3)4)38(50)45-24-10-2)23-12-26-49(48-39(51)37(42(5,6)7)47-41(53)55-8)29-33-19-21-34(22-20-33)35-14-11-25-44-28-35/h9-11,14-22,25,28,30,36-37,54H,1-2,12-13,23-24,26-27,29H2,3-8H3,(H,45,50)(H,46,52)(H,47,53)(H,48,51)/p+1/t36-,37+,43+/m0/s1. The van der Waals surface area contributed by atoms with Gasteiger partial charge in [0.1, 0.15) is 24.2 Å². The zero-order valence-electron chi connectivity index (χ0n) is 33.1. The van der Waals surface area contributed by atoms with Crippen LogP contribution in [0.4, 0.5) is 4.79 Å². The third kappa shape index (κ3) is 13.8. The number of carbonyl (C=O) groups excluding carboxylic acids is 4. The molecule has 0 saturated carbocycles. The molecule has 12 heteroatoms. The number of carbonyl (C=O) groups is 4. The molecule has 55 heavy (non-hydrogen) atoms. The number of alkyl carbamates (subject to hydrolysis) is 1. The average molecular weight is 756 g/mol. The average Bonchev–Trinajstić information content (AvgIpc) is 3.15. The highest BCUT2D eigenvalue weighted by molar-refractivity contribution is 5.91. The number of aromatic nitrogens is 1. The molecule has 0 aliphatic carbocycles. The number of rotatable bonds is 20. The Kier molecular flexibility index (Phi) is 16.8. The predicted molar refractivity (Wildman–Crippen MR) is 214 cm³/mol. The largest absolute Gasteiger partial charge is 0.453 e. The smallest absolute Gasteiger partial charge is 0.407 e. The minimum Gasteiger partial charge on any atom is -0.453 e. The first kappa shape index (κ1) is 44.1. The summed E-state index contributed by atoms with van der Waals surface area (Å²) in [5.74, 6) is -1.72. The maximum Gasteiger partial charge on any atom is 0.407 e. The minimum atomic E-state index is -1.90. The SMILES string of the molecule is C=CCNC(=O)[C@@H](NC(=O)[C@@](O)(CCC[NH+](Cc1ccc(-c2cccnc2)cc1)NC(=O)[C@@H](NC(=O)OC)C(C)(C)C)Cc1ccc(CC=C)cc1)C(C)C. The molecule has 0 spiro atoms. The zero-order chi connectivity index (χ0) is 40.6. The van der Waals surface area contributed by atoms with Gasteiger partial charge in [0.2, 0.25) is 5.91 Å². The van der Waals surface area contributed by atoms with Crippen molar-refractivity contribution in [1.82, 2.24) is 26.4 Å². The number of nitrogens with zero attached hydrogens (tertiary/aromatic N) is 1. The Labute approximate surface area is 325 Å². The Balaban J connectivity index is 1.91. The van der Waals surface area contributed by atoms with Crippen LogP contribution in [-0.4, -0.2) is 71.8 Å². The van der Waals surface area contributed by atoms with Crippen molar-refractivity contribution in [2.75, 3.05) is 20.2 Å². The molecule has 3 aromatic rings. The number of hydrogen-bond donors (Lipinski definition) is 6. The van der Waals surface area contributed by atoms with Gasteiger partial charge in [-0.2, -0.15) is 0 Å². The fraction of sp³-hybridized carbons (Fsp3) is 0.419. The topological polar surface area (TPSA) is 163 Å². The van der Waals surface area contributed by atoms with E-state index in [4.69, 9.17) is 4.74 Å². The lowest BCUT2D eigenvalue weighted by atomic mass is 9.86. The summed E-state index contributed by atoms with van der Waals surface area (Å²) >= 11 is 0. The maximum atomic E-state index is 14.0. The lowest BCUT2D eigenvalue weighted by molar-refractivity contribution is -0.950. The van der Waals surface area contributed by atoms with Crippen LogP contribution in [0.2, 0.25) is 0 Å². The third-order valence-electron chi connectivity index (χ3n) is 9.29. The Hall–Kier alpha value is -5.33. The van der Waals surface area contributed by atoms with E-state index in [1.54, 1.807) is 24.5 Å². The molecule has 4 amide bonds. The molecule has 12 nitrogen and oxygen atoms in total. The van der Waals surface area contributed by atoms with Gasteiger partial charge in [0.15, 0.2) is 0 Å². The highest BCUT2D eigenvalue weighted by atomic mass is 16.5. The summed E-state index contributed by atoms with van der Waals surface area (Å²) in [5, 5.41) is 21.1. The Morgan fingerprint density at radius 2 is 1.55 bits per heavy atom. The number of amides is 4. The molecule has 4 atom stereocenters. The fourth-order valence-corrected chi connectivity index (χ4v) is 6.16. The van der Waals surface area contributed by atoms with E-state index in [2.05, 4.69) is 39.5 Å². The number of hydrogen-bond acceptors (Lipinski definition) is 7. The van der Waals surface area contributed by atoms with E-state index in [1.807, 2.05) is 95.3 Å². The van der Waals surface area contributed by atoms with Crippen molar-refractivity contribution in [2.45, 2.75) is 84.5 Å². The number of nitrogens with one attached hydrogen (secondary N) is 5. The van der Waals surface area contributed by atoms with Gasteiger partial charge >= 0.3 is 6.09 Å². The highest BCUT2D eigenvalue weighted by Gasteiger charge is 2.40. The summed E-state index contributed by atoms with van der Waals surface area (Å²) in [6.07, 6.45) is 7.15. The lowest BCUT2D eigenvalue weighted by Gasteiger charge is -2.32. The van der Waals surface area contributed by atoms with E-state index in [9.17, 15) is 24.3 Å². The van der Waals surface area contributed by atoms with Gasteiger partial charge in [0.25, 0.3) is 11.8 Å². The second-order valence-corrected chi connectivity index (χ2v) is 15.2. The van der Waals surface area contributed by atoms with Gasteiger partial charge in [-0.25, -0.2) is 15.2 Å². The third-order valence-corrected chi connectivity index (χ3v) is 9.29. The van der Waals surface area contributed by atoms with Crippen LogP contribution in [0.5, 0.6) is 0 Å². The van der Waals surface area contributed by atoms with Crippen LogP contribution >= 0.6 is 0 Å². The van der Waals surface area contributed by atoms with Crippen LogP contribution < -0.4 is 26.4 Å². The van der Waals surface area contributed by atoms with E-state index >= 15 is 0 Å². The molecule has 0 radical (unpaired) electrons. The molecule has 0 saturated heterocycles. The first-order chi connectivity index (χ1) is 26.1. The summed E-state index contributed by atoms with van der Waals surface area (Å²) in [4.78, 5) is 57.3. The van der Waals surface area contributed by atoms with Crippen molar-refractivity contribution in [2.24, 2.45) is 11.3 Å². The van der Waals surface area contributed by atoms with Crippen molar-refractivity contribution < 1.29 is 34.0 Å². The normalized spacial score (nSPS) is 14.0.